The van der Waals surface area contributed by atoms with Crippen LogP contribution in [0.25, 0.3) is 0 Å². The van der Waals surface area contributed by atoms with Crippen LogP contribution in [0.4, 0.5) is 0 Å². The molecule has 1 amide bonds. The molecule has 0 aliphatic rings. The second-order valence-electron chi connectivity index (χ2n) is 3.91. The molecule has 2 aromatic rings. The number of benzene rings is 1. The summed E-state index contributed by atoms with van der Waals surface area (Å²) in [6.45, 7) is 0.386. The van der Waals surface area contributed by atoms with Crippen LogP contribution < -0.4 is 5.32 Å². The molecule has 0 radical (unpaired) electrons. The Morgan fingerprint density at radius 1 is 1.47 bits per heavy atom. The van der Waals surface area contributed by atoms with Gasteiger partial charge < -0.3 is 10.1 Å². The van der Waals surface area contributed by atoms with Crippen molar-refractivity contribution in [1.82, 2.24) is 10.3 Å². The van der Waals surface area contributed by atoms with Crippen LogP contribution in [0, 0.1) is 0 Å². The lowest BCUT2D eigenvalue weighted by atomic mass is 10.1. The van der Waals surface area contributed by atoms with Gasteiger partial charge in [-0.05, 0) is 17.7 Å². The van der Waals surface area contributed by atoms with Gasteiger partial charge in [0.05, 0.1) is 18.2 Å². The molecule has 0 fully saturated rings. The summed E-state index contributed by atoms with van der Waals surface area (Å²) < 4.78 is 5.14. The van der Waals surface area contributed by atoms with E-state index >= 15 is 0 Å². The zero-order valence-corrected chi connectivity index (χ0v) is 11.9. The third-order valence-electron chi connectivity index (χ3n) is 2.58. The van der Waals surface area contributed by atoms with Crippen LogP contribution in [-0.2, 0) is 4.74 Å². The number of nitrogens with zero attached hydrogens (tertiary/aromatic N) is 1. The fourth-order valence-corrected chi connectivity index (χ4v) is 2.30. The number of carbonyl (C=O) groups excluding carboxylic acids is 1. The monoisotopic (exact) mass is 296 g/mol. The number of halogens is 1. The Kier molecular flexibility index (Phi) is 4.90. The number of methoxy groups -OCH3 is 1. The second-order valence-corrected chi connectivity index (χ2v) is 5.06. The van der Waals surface area contributed by atoms with Gasteiger partial charge in [0.25, 0.3) is 5.91 Å². The van der Waals surface area contributed by atoms with Crippen molar-refractivity contribution in [2.75, 3.05) is 13.7 Å². The summed E-state index contributed by atoms with van der Waals surface area (Å²) in [5, 5.41) is 5.26. The van der Waals surface area contributed by atoms with E-state index in [4.69, 9.17) is 16.3 Å². The van der Waals surface area contributed by atoms with Crippen molar-refractivity contribution in [2.24, 2.45) is 0 Å². The molecule has 6 heteroatoms. The topological polar surface area (TPSA) is 51.2 Å². The number of rotatable bonds is 5. The zero-order valence-electron chi connectivity index (χ0n) is 10.3. The summed E-state index contributed by atoms with van der Waals surface area (Å²) in [6.07, 6.45) is 0. The van der Waals surface area contributed by atoms with E-state index < -0.39 is 0 Å². The molecule has 0 aliphatic heterocycles. The number of amides is 1. The summed E-state index contributed by atoms with van der Waals surface area (Å²) in [4.78, 5) is 16.0. The summed E-state index contributed by atoms with van der Waals surface area (Å²) >= 11 is 7.24. The normalized spacial score (nSPS) is 12.1. The maximum absolute atomic E-state index is 12.0. The number of carbonyl (C=O) groups is 1. The number of ether oxygens (including phenoxy) is 1. The standard InChI is InChI=1S/C13H13ClN2O2S/c1-18-6-11(9-2-4-10(14)5-3-9)16-13(17)12-7-19-8-15-12/h2-5,7-8,11H,6H2,1H3,(H,16,17). The Morgan fingerprint density at radius 3 is 2.79 bits per heavy atom. The predicted molar refractivity (Wildman–Crippen MR) is 75.6 cm³/mol. The molecule has 4 nitrogen and oxygen atoms in total. The van der Waals surface area contributed by atoms with E-state index in [1.165, 1.54) is 11.3 Å². The summed E-state index contributed by atoms with van der Waals surface area (Å²) in [6, 6.07) is 7.08. The Hall–Kier alpha value is -1.43. The van der Waals surface area contributed by atoms with Gasteiger partial charge in [-0.25, -0.2) is 4.98 Å². The number of nitrogens with one attached hydrogen (secondary N) is 1. The molecule has 19 heavy (non-hydrogen) atoms. The van der Waals surface area contributed by atoms with Gasteiger partial charge in [0, 0.05) is 17.5 Å². The van der Waals surface area contributed by atoms with E-state index in [9.17, 15) is 4.79 Å². The highest BCUT2D eigenvalue weighted by Crippen LogP contribution is 2.17. The smallest absolute Gasteiger partial charge is 0.271 e. The number of aromatic nitrogens is 1. The first-order chi connectivity index (χ1) is 9.20. The maximum atomic E-state index is 12.0. The lowest BCUT2D eigenvalue weighted by molar-refractivity contribution is 0.0892. The van der Waals surface area contributed by atoms with Crippen LogP contribution in [0.3, 0.4) is 0 Å². The Morgan fingerprint density at radius 2 is 2.21 bits per heavy atom. The molecule has 1 aromatic heterocycles. The number of hydrogen-bond donors (Lipinski definition) is 1. The molecule has 0 bridgehead atoms. The van der Waals surface area contributed by atoms with E-state index in [-0.39, 0.29) is 11.9 Å². The van der Waals surface area contributed by atoms with Crippen molar-refractivity contribution in [1.29, 1.82) is 0 Å². The summed E-state index contributed by atoms with van der Waals surface area (Å²) in [7, 11) is 1.60. The largest absolute Gasteiger partial charge is 0.382 e. The van der Waals surface area contributed by atoms with Gasteiger partial charge in [-0.3, -0.25) is 4.79 Å². The third-order valence-corrected chi connectivity index (χ3v) is 3.41. The Balaban J connectivity index is 2.12. The molecule has 2 rings (SSSR count). The van der Waals surface area contributed by atoms with Crippen molar-refractivity contribution in [3.8, 4) is 0 Å². The highest BCUT2D eigenvalue weighted by Gasteiger charge is 2.16. The first-order valence-electron chi connectivity index (χ1n) is 5.64. The number of thiazole rings is 1. The van der Waals surface area contributed by atoms with Crippen molar-refractivity contribution in [3.63, 3.8) is 0 Å². The lowest BCUT2D eigenvalue weighted by Gasteiger charge is -2.17. The molecular weight excluding hydrogens is 284 g/mol. The molecular formula is C13H13ClN2O2S. The van der Waals surface area contributed by atoms with Crippen LogP contribution in [-0.4, -0.2) is 24.6 Å². The Bertz CT molecular complexity index is 528. The van der Waals surface area contributed by atoms with Gasteiger partial charge in [-0.1, -0.05) is 23.7 Å². The Labute approximate surface area is 120 Å². The molecule has 1 N–H and O–H groups in total. The SMILES string of the molecule is COCC(NC(=O)c1cscn1)c1ccc(Cl)cc1. The van der Waals surface area contributed by atoms with Gasteiger partial charge in [0.1, 0.15) is 5.69 Å². The molecule has 1 atom stereocenters. The van der Waals surface area contributed by atoms with Crippen LogP contribution >= 0.6 is 22.9 Å². The summed E-state index contributed by atoms with van der Waals surface area (Å²) in [5.74, 6) is -0.210. The van der Waals surface area contributed by atoms with Crippen LogP contribution in [0.2, 0.25) is 5.02 Å². The summed E-state index contributed by atoms with van der Waals surface area (Å²) in [5.41, 5.74) is 2.98. The molecule has 0 spiro atoms. The highest BCUT2D eigenvalue weighted by molar-refractivity contribution is 7.07. The van der Waals surface area contributed by atoms with Crippen LogP contribution in [0.1, 0.15) is 22.1 Å². The first kappa shape index (κ1) is 14.0. The minimum Gasteiger partial charge on any atom is -0.382 e. The van der Waals surface area contributed by atoms with Crippen molar-refractivity contribution in [2.45, 2.75) is 6.04 Å². The van der Waals surface area contributed by atoms with E-state index in [2.05, 4.69) is 10.3 Å². The molecule has 1 unspecified atom stereocenters. The van der Waals surface area contributed by atoms with E-state index in [0.29, 0.717) is 17.3 Å². The van der Waals surface area contributed by atoms with E-state index in [0.717, 1.165) is 5.56 Å². The molecule has 1 heterocycles. The van der Waals surface area contributed by atoms with Crippen LogP contribution in [0.5, 0.6) is 0 Å². The molecule has 0 aliphatic carbocycles. The molecule has 1 aromatic carbocycles. The minimum absolute atomic E-state index is 0.210. The first-order valence-corrected chi connectivity index (χ1v) is 6.96. The second kappa shape index (κ2) is 6.65. The molecule has 0 saturated heterocycles. The average molecular weight is 297 g/mol. The highest BCUT2D eigenvalue weighted by atomic mass is 35.5. The quantitative estimate of drug-likeness (QED) is 0.923. The fraction of sp³-hybridized carbons (Fsp3) is 0.231. The van der Waals surface area contributed by atoms with E-state index in [1.807, 2.05) is 12.1 Å². The average Bonchev–Trinajstić information content (AvgIpc) is 2.93. The lowest BCUT2D eigenvalue weighted by Crippen LogP contribution is -2.31. The molecule has 0 saturated carbocycles. The van der Waals surface area contributed by atoms with Crippen molar-refractivity contribution in [3.05, 3.63) is 51.4 Å². The molecule has 100 valence electrons. The zero-order chi connectivity index (χ0) is 13.7. The number of hydrogen-bond acceptors (Lipinski definition) is 4. The fourth-order valence-electron chi connectivity index (χ4n) is 1.64. The van der Waals surface area contributed by atoms with Gasteiger partial charge >= 0.3 is 0 Å². The van der Waals surface area contributed by atoms with Crippen molar-refractivity contribution >= 4 is 28.8 Å². The van der Waals surface area contributed by atoms with Gasteiger partial charge in [-0.15, -0.1) is 11.3 Å². The third kappa shape index (κ3) is 3.76. The van der Waals surface area contributed by atoms with Crippen LogP contribution in [0.15, 0.2) is 35.2 Å². The van der Waals surface area contributed by atoms with Gasteiger partial charge in [-0.2, -0.15) is 0 Å². The van der Waals surface area contributed by atoms with Crippen molar-refractivity contribution < 1.29 is 9.53 Å². The van der Waals surface area contributed by atoms with E-state index in [1.54, 1.807) is 30.1 Å². The minimum atomic E-state index is -0.225. The predicted octanol–water partition coefficient (Wildman–Crippen LogP) is 2.91. The maximum Gasteiger partial charge on any atom is 0.271 e. The van der Waals surface area contributed by atoms with Gasteiger partial charge in [0.15, 0.2) is 0 Å². The van der Waals surface area contributed by atoms with Gasteiger partial charge in [0.2, 0.25) is 0 Å².